The normalized spacial score (nSPS) is 10.9. The molecule has 0 radical (unpaired) electrons. The van der Waals surface area contributed by atoms with Crippen LogP contribution in [0.4, 0.5) is 5.69 Å². The van der Waals surface area contributed by atoms with Crippen molar-refractivity contribution in [2.75, 3.05) is 23.4 Å². The summed E-state index contributed by atoms with van der Waals surface area (Å²) in [6.07, 6.45) is -0.293. The monoisotopic (exact) mass is 314 g/mol. The third-order valence-electron chi connectivity index (χ3n) is 2.46. The minimum absolute atomic E-state index is 0.293. The molecule has 8 heteroatoms. The van der Waals surface area contributed by atoms with Gasteiger partial charge in [-0.25, -0.2) is 8.42 Å². The number of benzene rings is 1. The lowest BCUT2D eigenvalue weighted by atomic mass is 10.3. The molecule has 0 heterocycles. The number of carbonyl (C=O) groups is 2. The average Bonchev–Trinajstić information content (AvgIpc) is 2.38. The van der Waals surface area contributed by atoms with Crippen molar-refractivity contribution in [1.29, 1.82) is 0 Å². The third kappa shape index (κ3) is 6.75. The molecule has 1 aromatic rings. The van der Waals surface area contributed by atoms with Gasteiger partial charge < -0.3 is 15.8 Å². The summed E-state index contributed by atoms with van der Waals surface area (Å²) in [6.45, 7) is 2.39. The molecule has 0 aromatic heterocycles. The summed E-state index contributed by atoms with van der Waals surface area (Å²) in [5, 5.41) is 2.47. The van der Waals surface area contributed by atoms with Gasteiger partial charge in [0, 0.05) is 12.1 Å². The SMILES string of the molecule is CCOc1ccc(NC(=O)CS(=O)(=O)CCC(N)=O)cc1. The number of amides is 2. The Bertz CT molecular complexity index is 595. The molecular weight excluding hydrogens is 296 g/mol. The van der Waals surface area contributed by atoms with Gasteiger partial charge in [-0.1, -0.05) is 0 Å². The number of carbonyl (C=O) groups excluding carboxylic acids is 2. The summed E-state index contributed by atoms with van der Waals surface area (Å²) in [6, 6.07) is 6.55. The standard InChI is InChI=1S/C13H18N2O5S/c1-2-20-11-5-3-10(4-6-11)15-13(17)9-21(18,19)8-7-12(14)16/h3-6H,2,7-9H2,1H3,(H2,14,16)(H,15,17). The summed E-state index contributed by atoms with van der Waals surface area (Å²) in [7, 11) is -3.65. The summed E-state index contributed by atoms with van der Waals surface area (Å²) in [4.78, 5) is 22.2. The van der Waals surface area contributed by atoms with E-state index in [9.17, 15) is 18.0 Å². The maximum absolute atomic E-state index is 11.6. The van der Waals surface area contributed by atoms with E-state index in [4.69, 9.17) is 10.5 Å². The van der Waals surface area contributed by atoms with Crippen molar-refractivity contribution in [3.05, 3.63) is 24.3 Å². The highest BCUT2D eigenvalue weighted by atomic mass is 32.2. The van der Waals surface area contributed by atoms with Crippen LogP contribution < -0.4 is 15.8 Å². The maximum Gasteiger partial charge on any atom is 0.239 e. The zero-order valence-corrected chi connectivity index (χ0v) is 12.5. The van der Waals surface area contributed by atoms with E-state index in [-0.39, 0.29) is 6.42 Å². The van der Waals surface area contributed by atoms with E-state index in [1.807, 2.05) is 6.92 Å². The molecule has 0 aliphatic carbocycles. The van der Waals surface area contributed by atoms with Crippen LogP contribution in [0.3, 0.4) is 0 Å². The number of primary amides is 1. The van der Waals surface area contributed by atoms with Gasteiger partial charge >= 0.3 is 0 Å². The molecule has 2 amide bonds. The number of ether oxygens (including phenoxy) is 1. The minimum atomic E-state index is -3.65. The smallest absolute Gasteiger partial charge is 0.239 e. The van der Waals surface area contributed by atoms with E-state index in [1.165, 1.54) is 0 Å². The van der Waals surface area contributed by atoms with Crippen LogP contribution in [-0.4, -0.2) is 38.3 Å². The van der Waals surface area contributed by atoms with Crippen LogP contribution in [-0.2, 0) is 19.4 Å². The molecule has 1 aromatic carbocycles. The zero-order chi connectivity index (χ0) is 15.9. The number of anilines is 1. The molecule has 7 nitrogen and oxygen atoms in total. The molecule has 0 bridgehead atoms. The number of hydrogen-bond donors (Lipinski definition) is 2. The van der Waals surface area contributed by atoms with Gasteiger partial charge in [-0.05, 0) is 31.2 Å². The van der Waals surface area contributed by atoms with E-state index >= 15 is 0 Å². The van der Waals surface area contributed by atoms with E-state index in [0.29, 0.717) is 18.0 Å². The Kier molecular flexibility index (Phi) is 6.16. The molecule has 0 saturated carbocycles. The van der Waals surface area contributed by atoms with Gasteiger partial charge in [-0.15, -0.1) is 0 Å². The van der Waals surface area contributed by atoms with Crippen LogP contribution >= 0.6 is 0 Å². The molecule has 0 atom stereocenters. The van der Waals surface area contributed by atoms with Gasteiger partial charge in [0.1, 0.15) is 11.5 Å². The van der Waals surface area contributed by atoms with Crippen LogP contribution in [0.1, 0.15) is 13.3 Å². The fourth-order valence-electron chi connectivity index (χ4n) is 1.53. The number of nitrogens with one attached hydrogen (secondary N) is 1. The van der Waals surface area contributed by atoms with E-state index < -0.39 is 33.2 Å². The lowest BCUT2D eigenvalue weighted by molar-refractivity contribution is -0.117. The average molecular weight is 314 g/mol. The second kappa shape index (κ2) is 7.63. The van der Waals surface area contributed by atoms with E-state index in [0.717, 1.165) is 0 Å². The van der Waals surface area contributed by atoms with Crippen LogP contribution in [0, 0.1) is 0 Å². The van der Waals surface area contributed by atoms with E-state index in [1.54, 1.807) is 24.3 Å². The van der Waals surface area contributed by atoms with Gasteiger partial charge in [0.05, 0.1) is 12.4 Å². The number of hydrogen-bond acceptors (Lipinski definition) is 5. The zero-order valence-electron chi connectivity index (χ0n) is 11.7. The first kappa shape index (κ1) is 17.0. The molecule has 0 aliphatic heterocycles. The summed E-state index contributed by atoms with van der Waals surface area (Å²) < 4.78 is 28.4. The van der Waals surface area contributed by atoms with Crippen LogP contribution in [0.5, 0.6) is 5.75 Å². The highest BCUT2D eigenvalue weighted by molar-refractivity contribution is 7.92. The third-order valence-corrected chi connectivity index (χ3v) is 3.99. The first-order valence-electron chi connectivity index (χ1n) is 6.34. The van der Waals surface area contributed by atoms with Crippen molar-refractivity contribution in [1.82, 2.24) is 0 Å². The summed E-state index contributed by atoms with van der Waals surface area (Å²) in [5.74, 6) is -1.84. The Hall–Kier alpha value is -2.09. The molecule has 0 aliphatic rings. The maximum atomic E-state index is 11.6. The van der Waals surface area contributed by atoms with Gasteiger partial charge in [0.2, 0.25) is 11.8 Å². The molecule has 3 N–H and O–H groups in total. The number of nitrogens with two attached hydrogens (primary N) is 1. The predicted octanol–water partition coefficient (Wildman–Crippen LogP) is 0.314. The summed E-state index contributed by atoms with van der Waals surface area (Å²) in [5.41, 5.74) is 5.34. The van der Waals surface area contributed by atoms with Gasteiger partial charge in [-0.2, -0.15) is 0 Å². The van der Waals surface area contributed by atoms with Crippen molar-refractivity contribution in [3.8, 4) is 5.75 Å². The lowest BCUT2D eigenvalue weighted by Crippen LogP contribution is -2.26. The fourth-order valence-corrected chi connectivity index (χ4v) is 2.65. The Morgan fingerprint density at radius 2 is 1.86 bits per heavy atom. The van der Waals surface area contributed by atoms with E-state index in [2.05, 4.69) is 5.32 Å². The molecule has 21 heavy (non-hydrogen) atoms. The first-order chi connectivity index (χ1) is 9.82. The molecule has 0 saturated heterocycles. The Morgan fingerprint density at radius 1 is 1.24 bits per heavy atom. The Morgan fingerprint density at radius 3 is 2.38 bits per heavy atom. The topological polar surface area (TPSA) is 116 Å². The van der Waals surface area contributed by atoms with Gasteiger partial charge in [-0.3, -0.25) is 9.59 Å². The first-order valence-corrected chi connectivity index (χ1v) is 8.16. The minimum Gasteiger partial charge on any atom is -0.494 e. The number of rotatable bonds is 8. The van der Waals surface area contributed by atoms with Crippen molar-refractivity contribution < 1.29 is 22.7 Å². The molecular formula is C13H18N2O5S. The molecule has 1 rings (SSSR count). The second-order valence-corrected chi connectivity index (χ2v) is 6.50. The molecule has 0 fully saturated rings. The van der Waals surface area contributed by atoms with Crippen LogP contribution in [0.25, 0.3) is 0 Å². The second-order valence-electron chi connectivity index (χ2n) is 4.31. The lowest BCUT2D eigenvalue weighted by Gasteiger charge is -2.07. The van der Waals surface area contributed by atoms with Gasteiger partial charge in [0.15, 0.2) is 9.84 Å². The molecule has 0 spiro atoms. The largest absolute Gasteiger partial charge is 0.494 e. The van der Waals surface area contributed by atoms with Crippen molar-refractivity contribution in [2.24, 2.45) is 5.73 Å². The highest BCUT2D eigenvalue weighted by Crippen LogP contribution is 2.15. The highest BCUT2D eigenvalue weighted by Gasteiger charge is 2.17. The summed E-state index contributed by atoms with van der Waals surface area (Å²) >= 11 is 0. The quantitative estimate of drug-likeness (QED) is 0.716. The van der Waals surface area contributed by atoms with Crippen LogP contribution in [0.2, 0.25) is 0 Å². The van der Waals surface area contributed by atoms with Crippen molar-refractivity contribution in [3.63, 3.8) is 0 Å². The van der Waals surface area contributed by atoms with Crippen molar-refractivity contribution in [2.45, 2.75) is 13.3 Å². The van der Waals surface area contributed by atoms with Gasteiger partial charge in [0.25, 0.3) is 0 Å². The Balaban J connectivity index is 2.54. The fraction of sp³-hybridized carbons (Fsp3) is 0.385. The predicted molar refractivity (Wildman–Crippen MR) is 78.7 cm³/mol. The molecule has 116 valence electrons. The van der Waals surface area contributed by atoms with Crippen molar-refractivity contribution >= 4 is 27.3 Å². The number of sulfone groups is 1. The van der Waals surface area contributed by atoms with Crippen LogP contribution in [0.15, 0.2) is 24.3 Å². The molecule has 0 unspecified atom stereocenters. The Labute approximate surface area is 123 Å².